The summed E-state index contributed by atoms with van der Waals surface area (Å²) in [5, 5.41) is 5.44. The summed E-state index contributed by atoms with van der Waals surface area (Å²) in [6, 6.07) is 0.158. The van der Waals surface area contributed by atoms with Crippen LogP contribution in [-0.2, 0) is 16.1 Å². The molecule has 4 rings (SSSR count). The molecule has 1 N–H and O–H groups in total. The molecular formula is C18H25N5O2S. The molecule has 2 aromatic heterocycles. The van der Waals surface area contributed by atoms with E-state index in [0.29, 0.717) is 18.9 Å². The Morgan fingerprint density at radius 1 is 1.35 bits per heavy atom. The molecule has 2 aromatic rings. The largest absolute Gasteiger partial charge is 0.378 e. The molecule has 0 radical (unpaired) electrons. The number of imidazole rings is 1. The second-order valence-corrected chi connectivity index (χ2v) is 7.70. The number of piperidine rings is 1. The van der Waals surface area contributed by atoms with Gasteiger partial charge in [-0.1, -0.05) is 0 Å². The molecule has 1 amide bonds. The van der Waals surface area contributed by atoms with Crippen LogP contribution in [-0.4, -0.2) is 64.2 Å². The number of hydrogen-bond donors (Lipinski definition) is 1. The van der Waals surface area contributed by atoms with Crippen LogP contribution in [0.3, 0.4) is 0 Å². The molecule has 7 nitrogen and oxygen atoms in total. The first-order valence-electron chi connectivity index (χ1n) is 9.26. The van der Waals surface area contributed by atoms with Gasteiger partial charge in [-0.05, 0) is 12.8 Å². The maximum absolute atomic E-state index is 12.5. The number of nitrogens with zero attached hydrogens (tertiary/aromatic N) is 4. The molecule has 140 valence electrons. The van der Waals surface area contributed by atoms with E-state index in [1.54, 1.807) is 11.3 Å². The topological polar surface area (TPSA) is 72.3 Å². The summed E-state index contributed by atoms with van der Waals surface area (Å²) in [5.41, 5.74) is 2.94. The first kappa shape index (κ1) is 17.6. The minimum absolute atomic E-state index is 0.158. The maximum Gasteiger partial charge on any atom is 0.224 e. The van der Waals surface area contributed by atoms with Gasteiger partial charge in [-0.15, -0.1) is 11.3 Å². The zero-order valence-corrected chi connectivity index (χ0v) is 15.7. The summed E-state index contributed by atoms with van der Waals surface area (Å²) in [6.07, 6.45) is 6.36. The molecule has 0 aromatic carbocycles. The van der Waals surface area contributed by atoms with E-state index in [1.165, 1.54) is 0 Å². The number of morpholine rings is 1. The lowest BCUT2D eigenvalue weighted by molar-refractivity contribution is -0.133. The lowest BCUT2D eigenvalue weighted by atomic mass is 9.95. The number of nitrogens with one attached hydrogen (secondary N) is 1. The fraction of sp³-hybridized carbons (Fsp3) is 0.611. The van der Waals surface area contributed by atoms with Crippen molar-refractivity contribution in [2.24, 2.45) is 0 Å². The summed E-state index contributed by atoms with van der Waals surface area (Å²) >= 11 is 1.62. The molecule has 0 saturated carbocycles. The van der Waals surface area contributed by atoms with Gasteiger partial charge < -0.3 is 19.5 Å². The van der Waals surface area contributed by atoms with Crippen LogP contribution in [0.1, 0.15) is 36.7 Å². The molecule has 2 aliphatic heterocycles. The van der Waals surface area contributed by atoms with Crippen LogP contribution in [0.25, 0.3) is 0 Å². The van der Waals surface area contributed by atoms with E-state index in [2.05, 4.69) is 25.2 Å². The van der Waals surface area contributed by atoms with Crippen LogP contribution in [0.4, 0.5) is 0 Å². The van der Waals surface area contributed by atoms with Gasteiger partial charge in [0.05, 0.1) is 31.0 Å². The summed E-state index contributed by atoms with van der Waals surface area (Å²) in [4.78, 5) is 23.5. The highest BCUT2D eigenvalue weighted by atomic mass is 32.1. The molecule has 1 atom stereocenters. The molecule has 8 heteroatoms. The molecule has 0 bridgehead atoms. The van der Waals surface area contributed by atoms with Crippen LogP contribution in [0.5, 0.6) is 0 Å². The fourth-order valence-corrected chi connectivity index (χ4v) is 4.33. The van der Waals surface area contributed by atoms with Crippen molar-refractivity contribution in [1.29, 1.82) is 0 Å². The number of hydrogen-bond acceptors (Lipinski definition) is 6. The third kappa shape index (κ3) is 4.13. The maximum atomic E-state index is 12.5. The molecule has 1 unspecified atom stereocenters. The van der Waals surface area contributed by atoms with Crippen molar-refractivity contribution in [3.05, 3.63) is 34.8 Å². The van der Waals surface area contributed by atoms with Gasteiger partial charge in [0, 0.05) is 55.8 Å². The summed E-state index contributed by atoms with van der Waals surface area (Å²) < 4.78 is 7.64. The molecular weight excluding hydrogens is 350 g/mol. The van der Waals surface area contributed by atoms with Crippen molar-refractivity contribution in [3.63, 3.8) is 0 Å². The Labute approximate surface area is 157 Å². The zero-order chi connectivity index (χ0) is 17.8. The first-order chi connectivity index (χ1) is 12.8. The molecule has 2 fully saturated rings. The normalized spacial score (nSPS) is 21.8. The van der Waals surface area contributed by atoms with E-state index in [0.717, 1.165) is 57.1 Å². The Kier molecular flexibility index (Phi) is 5.62. The minimum Gasteiger partial charge on any atom is -0.378 e. The number of carbonyl (C=O) groups excluding carboxylic acids is 1. The third-order valence-corrected chi connectivity index (χ3v) is 5.83. The highest BCUT2D eigenvalue weighted by Gasteiger charge is 2.28. The fourth-order valence-electron chi connectivity index (χ4n) is 3.78. The van der Waals surface area contributed by atoms with E-state index in [-0.39, 0.29) is 11.9 Å². The van der Waals surface area contributed by atoms with E-state index in [1.807, 2.05) is 22.8 Å². The van der Waals surface area contributed by atoms with Gasteiger partial charge in [-0.2, -0.15) is 0 Å². The van der Waals surface area contributed by atoms with E-state index >= 15 is 0 Å². The summed E-state index contributed by atoms with van der Waals surface area (Å²) in [7, 11) is 0. The molecule has 0 aliphatic carbocycles. The smallest absolute Gasteiger partial charge is 0.224 e. The van der Waals surface area contributed by atoms with E-state index in [4.69, 9.17) is 4.74 Å². The van der Waals surface area contributed by atoms with Crippen LogP contribution in [0.15, 0.2) is 23.3 Å². The Hall–Kier alpha value is -1.77. The van der Waals surface area contributed by atoms with Crippen molar-refractivity contribution in [3.8, 4) is 0 Å². The van der Waals surface area contributed by atoms with Crippen LogP contribution >= 0.6 is 11.3 Å². The second-order valence-electron chi connectivity index (χ2n) is 6.98. The predicted octanol–water partition coefficient (Wildman–Crippen LogP) is 1.47. The highest BCUT2D eigenvalue weighted by molar-refractivity contribution is 7.07. The number of thiazole rings is 1. The average Bonchev–Trinajstić information content (AvgIpc) is 3.35. The Morgan fingerprint density at radius 3 is 2.96 bits per heavy atom. The van der Waals surface area contributed by atoms with Crippen molar-refractivity contribution in [1.82, 2.24) is 24.8 Å². The number of ether oxygens (including phenoxy) is 1. The van der Waals surface area contributed by atoms with Crippen LogP contribution in [0.2, 0.25) is 0 Å². The Bertz CT molecular complexity index is 703. The monoisotopic (exact) mass is 375 g/mol. The second kappa shape index (κ2) is 8.28. The molecule has 0 spiro atoms. The third-order valence-electron chi connectivity index (χ3n) is 5.20. The van der Waals surface area contributed by atoms with Crippen LogP contribution < -0.4 is 5.32 Å². The van der Waals surface area contributed by atoms with Gasteiger partial charge in [-0.3, -0.25) is 4.79 Å². The van der Waals surface area contributed by atoms with Gasteiger partial charge in [0.15, 0.2) is 0 Å². The Morgan fingerprint density at radius 2 is 2.23 bits per heavy atom. The Balaban J connectivity index is 1.31. The predicted molar refractivity (Wildman–Crippen MR) is 99.2 cm³/mol. The molecule has 26 heavy (non-hydrogen) atoms. The number of amides is 1. The SMILES string of the molecule is O=C(CC1COCCN1)N1CCC(c2nccn2Cc2cscn2)CC1. The quantitative estimate of drug-likeness (QED) is 0.857. The van der Waals surface area contributed by atoms with Gasteiger partial charge in [-0.25, -0.2) is 9.97 Å². The number of rotatable bonds is 5. The van der Waals surface area contributed by atoms with Gasteiger partial charge in [0.2, 0.25) is 5.91 Å². The lowest BCUT2D eigenvalue weighted by Crippen LogP contribution is -2.46. The highest BCUT2D eigenvalue weighted by Crippen LogP contribution is 2.27. The van der Waals surface area contributed by atoms with Gasteiger partial charge in [0.1, 0.15) is 5.82 Å². The standard InChI is InChI=1S/C18H25N5O2S/c24-17(9-15-11-25-8-4-19-15)22-5-1-14(2-6-22)18-20-3-7-23(18)10-16-12-26-13-21-16/h3,7,12-15,19H,1-2,4-6,8-11H2. The number of carbonyl (C=O) groups is 1. The van der Waals surface area contributed by atoms with Crippen molar-refractivity contribution in [2.75, 3.05) is 32.8 Å². The molecule has 2 saturated heterocycles. The average molecular weight is 375 g/mol. The molecule has 2 aliphatic rings. The van der Waals surface area contributed by atoms with Gasteiger partial charge >= 0.3 is 0 Å². The molecule has 4 heterocycles. The lowest BCUT2D eigenvalue weighted by Gasteiger charge is -2.33. The number of aromatic nitrogens is 3. The van der Waals surface area contributed by atoms with E-state index in [9.17, 15) is 4.79 Å². The minimum atomic E-state index is 0.158. The summed E-state index contributed by atoms with van der Waals surface area (Å²) in [6.45, 7) is 4.59. The van der Waals surface area contributed by atoms with Crippen molar-refractivity contribution < 1.29 is 9.53 Å². The van der Waals surface area contributed by atoms with Crippen LogP contribution in [0, 0.1) is 0 Å². The van der Waals surface area contributed by atoms with Gasteiger partial charge in [0.25, 0.3) is 0 Å². The van der Waals surface area contributed by atoms with Crippen molar-refractivity contribution in [2.45, 2.75) is 37.8 Å². The van der Waals surface area contributed by atoms with E-state index < -0.39 is 0 Å². The number of likely N-dealkylation sites (tertiary alicyclic amines) is 1. The zero-order valence-electron chi connectivity index (χ0n) is 14.8. The van der Waals surface area contributed by atoms with Crippen molar-refractivity contribution >= 4 is 17.2 Å². The first-order valence-corrected chi connectivity index (χ1v) is 10.2. The summed E-state index contributed by atoms with van der Waals surface area (Å²) in [5.74, 6) is 1.76.